The van der Waals surface area contributed by atoms with Crippen molar-refractivity contribution in [2.24, 2.45) is 0 Å². The molecule has 0 saturated carbocycles. The van der Waals surface area contributed by atoms with Crippen LogP contribution in [-0.4, -0.2) is 90.3 Å². The van der Waals surface area contributed by atoms with E-state index in [1.165, 1.54) is 56.3 Å². The molecule has 1 N–H and O–H groups in total. The molecule has 1 heterocycles. The van der Waals surface area contributed by atoms with Gasteiger partial charge in [-0.05, 0) is 72.0 Å². The summed E-state index contributed by atoms with van der Waals surface area (Å²) in [6.45, 7) is -0.937. The van der Waals surface area contributed by atoms with E-state index in [1.54, 1.807) is 0 Å². The molecule has 4 rings (SSSR count). The normalized spacial score (nSPS) is 17.2. The van der Waals surface area contributed by atoms with Gasteiger partial charge in [-0.25, -0.2) is 8.42 Å². The third kappa shape index (κ3) is 14.3. The van der Waals surface area contributed by atoms with Gasteiger partial charge in [-0.3, -0.25) is 14.6 Å². The average Bonchev–Trinajstić information content (AvgIpc) is 3.70. The minimum atomic E-state index is -5.11. The van der Waals surface area contributed by atoms with Gasteiger partial charge in [0.1, 0.15) is 15.9 Å². The number of carboxylic acids is 3. The molecule has 0 bridgehead atoms. The Morgan fingerprint density at radius 2 is 1.42 bits per heavy atom. The van der Waals surface area contributed by atoms with Crippen LogP contribution >= 0.6 is 0 Å². The number of phenols is 1. The zero-order valence-electron chi connectivity index (χ0n) is 30.0. The number of carboxylic acid groups (broad SMARTS) is 3. The Balaban J connectivity index is 0. The van der Waals surface area contributed by atoms with E-state index in [0.717, 1.165) is 15.9 Å². The number of Topliss-reactive ketones (excluding diaryl/α,β-unsaturated/α-hetero) is 1. The van der Waals surface area contributed by atoms with Crippen molar-refractivity contribution in [3.63, 3.8) is 0 Å². The smallest absolute Gasteiger partial charge is 0.815 e. The second kappa shape index (κ2) is 22.9. The summed E-state index contributed by atoms with van der Waals surface area (Å²) in [5, 5.41) is 57.5. The van der Waals surface area contributed by atoms with Crippen LogP contribution in [0.25, 0.3) is 5.57 Å². The van der Waals surface area contributed by atoms with Crippen LogP contribution in [0.5, 0.6) is 5.75 Å². The van der Waals surface area contributed by atoms with Crippen LogP contribution in [0.15, 0.2) is 70.2 Å². The van der Waals surface area contributed by atoms with E-state index in [9.17, 15) is 57.7 Å². The van der Waals surface area contributed by atoms with Crippen molar-refractivity contribution in [1.82, 2.24) is 9.80 Å². The Morgan fingerprint density at radius 1 is 0.885 bits per heavy atom. The number of phenolic OH excluding ortho intramolecular Hbond substituents is 1. The van der Waals surface area contributed by atoms with Gasteiger partial charge >= 0.3 is 148 Å². The first-order chi connectivity index (χ1) is 21.9. The number of allylic oxidation sites excluding steroid dienone is 4. The maximum absolute atomic E-state index is 13.2. The zero-order valence-corrected chi connectivity index (χ0v) is 40.8. The maximum Gasteiger partial charge on any atom is 1.00 e. The number of hydrogen-bond acceptors (Lipinski definition) is 15. The second-order valence-corrected chi connectivity index (χ2v) is 12.4. The predicted octanol–water partition coefficient (Wildman–Crippen LogP) is -18.7. The molecule has 1 saturated heterocycles. The van der Waals surface area contributed by atoms with Crippen LogP contribution < -0.4 is 168 Å². The number of ketones is 1. The monoisotopic (exact) mass is 782 g/mol. The summed E-state index contributed by atoms with van der Waals surface area (Å²) in [5.41, 5.74) is 0.469. The number of epoxide rings is 1. The molecule has 52 heavy (non-hydrogen) atoms. The summed E-state index contributed by atoms with van der Waals surface area (Å²) in [7, 11) is -5.11. The molecule has 1 fully saturated rings. The largest absolute Gasteiger partial charge is 1.00 e. The van der Waals surface area contributed by atoms with Gasteiger partial charge in [0.25, 0.3) is 0 Å². The molecular formula is C31H27N2Na5O13S. The number of nitrogens with zero attached hydrogens (tertiary/aromatic N) is 2. The first-order valence-corrected chi connectivity index (χ1v) is 15.3. The standard InChI is InChI=1S/C31H31N2O13S.5Na/c1-17-7-19(9-21(29(17)40)11-32(13-25(34)35)14-26(36)37)28(23-5-3-4-6-24(23)47(43,44)45)20-8-18(2)30(41)22(10-20)12-33(15-27(38)39)31(42)16-46-31;;;;;/h3-10,40H,11-16H2,1-2H3,(H,34,35)(H,36,37)(H,38,39)(H,43,44,45);;;;;/q-1;5*+1/p-4/b28-20-;;;;;. The van der Waals surface area contributed by atoms with Crippen molar-refractivity contribution in [3.05, 3.63) is 87.5 Å². The molecule has 0 radical (unpaired) electrons. The van der Waals surface area contributed by atoms with Gasteiger partial charge in [0.15, 0.2) is 5.78 Å². The van der Waals surface area contributed by atoms with Crippen molar-refractivity contribution < 1.29 is 210 Å². The Morgan fingerprint density at radius 3 is 1.92 bits per heavy atom. The van der Waals surface area contributed by atoms with Crippen LogP contribution in [0.1, 0.15) is 29.2 Å². The molecular weight excluding hydrogens is 755 g/mol. The number of rotatable bonds is 14. The van der Waals surface area contributed by atoms with Gasteiger partial charge in [-0.1, -0.05) is 18.2 Å². The SMILES string of the molecule is CC1=C/C(=C(\c2cc(C)c(O)c(CN(CC(=O)[O-])CC(=O)[O-])c2)c2ccccc2S(=O)(=O)[O-])C=C(CN(CC(=O)[O-])C2([O-])CO2)C1=O.[Na+].[Na+].[Na+].[Na+].[Na+]. The van der Waals surface area contributed by atoms with Crippen LogP contribution in [0.2, 0.25) is 0 Å². The molecule has 0 amide bonds. The zero-order chi connectivity index (χ0) is 34.8. The minimum absolute atomic E-state index is 0. The van der Waals surface area contributed by atoms with Gasteiger partial charge in [0, 0.05) is 49.4 Å². The van der Waals surface area contributed by atoms with Gasteiger partial charge < -0.3 is 49.2 Å². The van der Waals surface area contributed by atoms with Gasteiger partial charge in [0.2, 0.25) is 0 Å². The Hall–Kier alpha value is 0.290. The molecule has 2 aromatic rings. The summed E-state index contributed by atoms with van der Waals surface area (Å²) >= 11 is 0. The fourth-order valence-electron chi connectivity index (χ4n) is 5.27. The van der Waals surface area contributed by atoms with Crippen molar-refractivity contribution in [1.29, 1.82) is 0 Å². The fraction of sp³-hybridized carbons (Fsp3) is 0.290. The second-order valence-electron chi connectivity index (χ2n) is 11.0. The van der Waals surface area contributed by atoms with Crippen molar-refractivity contribution in [2.45, 2.75) is 31.2 Å². The van der Waals surface area contributed by atoms with Crippen molar-refractivity contribution >= 4 is 39.4 Å². The number of carbonyl (C=O) groups excluding carboxylic acids is 4. The predicted molar refractivity (Wildman–Crippen MR) is 151 cm³/mol. The number of hydrogen-bond donors (Lipinski definition) is 1. The number of benzene rings is 2. The maximum atomic E-state index is 13.2. The summed E-state index contributed by atoms with van der Waals surface area (Å²) in [5.74, 6) is -7.92. The van der Waals surface area contributed by atoms with Crippen molar-refractivity contribution in [2.75, 3.05) is 32.8 Å². The summed E-state index contributed by atoms with van der Waals surface area (Å²) in [6, 6.07) is 7.91. The minimum Gasteiger partial charge on any atom is -0.815 e. The fourth-order valence-corrected chi connectivity index (χ4v) is 5.96. The topological polar surface area (TPSA) is 257 Å². The van der Waals surface area contributed by atoms with E-state index in [2.05, 4.69) is 0 Å². The molecule has 1 unspecified atom stereocenters. The van der Waals surface area contributed by atoms with E-state index in [4.69, 9.17) is 4.74 Å². The van der Waals surface area contributed by atoms with E-state index in [0.29, 0.717) is 0 Å². The third-order valence-electron chi connectivity index (χ3n) is 7.39. The molecule has 250 valence electrons. The molecule has 2 aliphatic rings. The number of carbonyl (C=O) groups is 4. The van der Waals surface area contributed by atoms with Crippen molar-refractivity contribution in [3.8, 4) is 5.75 Å². The first kappa shape index (κ1) is 54.4. The summed E-state index contributed by atoms with van der Waals surface area (Å²) < 4.78 is 42.1. The number of ether oxygens (including phenoxy) is 1. The van der Waals surface area contributed by atoms with Gasteiger partial charge in [0.05, 0.1) is 35.3 Å². The molecule has 0 spiro atoms. The van der Waals surface area contributed by atoms with Gasteiger partial charge in [-0.2, -0.15) is 0 Å². The number of aliphatic carboxylic acids is 3. The van der Waals surface area contributed by atoms with Crippen LogP contribution in [0.4, 0.5) is 0 Å². The molecule has 21 heteroatoms. The van der Waals surface area contributed by atoms with E-state index < -0.39 is 77.3 Å². The number of aromatic hydroxyl groups is 1. The summed E-state index contributed by atoms with van der Waals surface area (Å²) in [6.07, 6.45) is 2.69. The quantitative estimate of drug-likeness (QED) is 0.0808. The Bertz CT molecular complexity index is 1860. The molecule has 1 aliphatic carbocycles. The van der Waals surface area contributed by atoms with E-state index in [-0.39, 0.29) is 205 Å². The molecule has 2 aromatic carbocycles. The third-order valence-corrected chi connectivity index (χ3v) is 8.28. The van der Waals surface area contributed by atoms with Gasteiger partial charge in [-0.15, -0.1) is 0 Å². The number of aryl methyl sites for hydroxylation is 1. The summed E-state index contributed by atoms with van der Waals surface area (Å²) in [4.78, 5) is 48.3. The Kier molecular flexibility index (Phi) is 23.9. The van der Waals surface area contributed by atoms with E-state index >= 15 is 0 Å². The van der Waals surface area contributed by atoms with Crippen LogP contribution in [0.3, 0.4) is 0 Å². The van der Waals surface area contributed by atoms with E-state index in [1.807, 2.05) is 0 Å². The van der Waals surface area contributed by atoms with Crippen LogP contribution in [0, 0.1) is 6.92 Å². The molecule has 15 nitrogen and oxygen atoms in total. The molecule has 0 aromatic heterocycles. The Labute approximate surface area is 410 Å². The first-order valence-electron chi connectivity index (χ1n) is 13.9. The molecule has 1 aliphatic heterocycles. The average molecular weight is 783 g/mol. The van der Waals surface area contributed by atoms with Crippen LogP contribution in [-0.2, 0) is 40.6 Å². The molecule has 1 atom stereocenters.